The quantitative estimate of drug-likeness (QED) is 0.561. The minimum atomic E-state index is -0.291. The van der Waals surface area contributed by atoms with Crippen LogP contribution in [0.3, 0.4) is 0 Å². The van der Waals surface area contributed by atoms with E-state index in [1.807, 2.05) is 23.1 Å². The summed E-state index contributed by atoms with van der Waals surface area (Å²) in [7, 11) is 0. The van der Waals surface area contributed by atoms with Crippen molar-refractivity contribution in [2.45, 2.75) is 5.92 Å². The summed E-state index contributed by atoms with van der Waals surface area (Å²) in [6, 6.07) is 7.50. The van der Waals surface area contributed by atoms with E-state index in [-0.39, 0.29) is 29.6 Å². The molecule has 2 fully saturated rings. The Kier molecular flexibility index (Phi) is 2.57. The summed E-state index contributed by atoms with van der Waals surface area (Å²) in [4.78, 5) is 26.3. The van der Waals surface area contributed by atoms with Crippen molar-refractivity contribution in [3.8, 4) is 5.75 Å². The van der Waals surface area contributed by atoms with Gasteiger partial charge in [-0.25, -0.2) is 0 Å². The third kappa shape index (κ3) is 1.66. The van der Waals surface area contributed by atoms with Gasteiger partial charge in [-0.15, -0.1) is 0 Å². The van der Waals surface area contributed by atoms with E-state index < -0.39 is 0 Å². The molecule has 1 saturated heterocycles. The zero-order chi connectivity index (χ0) is 13.7. The Hall–Kier alpha value is -1.88. The fraction of sp³-hybridized carbons (Fsp3) is 0.467. The van der Waals surface area contributed by atoms with Gasteiger partial charge >= 0.3 is 5.97 Å². The van der Waals surface area contributed by atoms with Crippen LogP contribution in [0.25, 0.3) is 0 Å². The smallest absolute Gasteiger partial charge is 0.315 e. The number of carbonyl (C=O) groups excluding carboxylic acids is 2. The molecule has 1 saturated carbocycles. The van der Waals surface area contributed by atoms with Gasteiger partial charge in [0.25, 0.3) is 0 Å². The number of amides is 1. The molecule has 1 aromatic rings. The summed E-state index contributed by atoms with van der Waals surface area (Å²) in [5.41, 5.74) is 0.990. The van der Waals surface area contributed by atoms with Gasteiger partial charge in [0.15, 0.2) is 0 Å². The van der Waals surface area contributed by atoms with Gasteiger partial charge in [0.2, 0.25) is 5.91 Å². The number of benzene rings is 1. The second kappa shape index (κ2) is 4.31. The SMILES string of the molecule is O=C1Oc2ccccc2C2C1C2C(=O)N1CCOCC1. The van der Waals surface area contributed by atoms with E-state index in [1.165, 1.54) is 0 Å². The standard InChI is InChI=1S/C15H15NO4/c17-14(16-5-7-19-8-6-16)12-11-9-3-1-2-4-10(9)20-15(18)13(11)12/h1-4,11-13H,5-8H2. The molecule has 20 heavy (non-hydrogen) atoms. The summed E-state index contributed by atoms with van der Waals surface area (Å²) in [5, 5.41) is 0. The molecule has 5 heteroatoms. The van der Waals surface area contributed by atoms with Crippen molar-refractivity contribution >= 4 is 11.9 Å². The van der Waals surface area contributed by atoms with Gasteiger partial charge < -0.3 is 14.4 Å². The molecule has 0 aromatic heterocycles. The number of esters is 1. The Balaban J connectivity index is 1.60. The highest BCUT2D eigenvalue weighted by molar-refractivity contribution is 5.95. The zero-order valence-electron chi connectivity index (χ0n) is 11.0. The first kappa shape index (κ1) is 11.9. The molecule has 3 aliphatic rings. The number of carbonyl (C=O) groups is 2. The third-order valence-electron chi connectivity index (χ3n) is 4.39. The summed E-state index contributed by atoms with van der Waals surface area (Å²) in [6.45, 7) is 2.39. The van der Waals surface area contributed by atoms with Crippen LogP contribution in [0.5, 0.6) is 5.75 Å². The van der Waals surface area contributed by atoms with Crippen LogP contribution in [0.15, 0.2) is 24.3 Å². The topological polar surface area (TPSA) is 55.8 Å². The predicted molar refractivity (Wildman–Crippen MR) is 69.2 cm³/mol. The summed E-state index contributed by atoms with van der Waals surface area (Å²) < 4.78 is 10.6. The molecule has 3 atom stereocenters. The van der Waals surface area contributed by atoms with Crippen molar-refractivity contribution in [1.29, 1.82) is 0 Å². The highest BCUT2D eigenvalue weighted by atomic mass is 16.5. The number of hydrogen-bond donors (Lipinski definition) is 0. The first-order chi connectivity index (χ1) is 9.77. The molecule has 1 aliphatic carbocycles. The van der Waals surface area contributed by atoms with Crippen LogP contribution in [0, 0.1) is 11.8 Å². The van der Waals surface area contributed by atoms with E-state index in [4.69, 9.17) is 9.47 Å². The molecule has 0 bridgehead atoms. The Labute approximate surface area is 116 Å². The van der Waals surface area contributed by atoms with Crippen molar-refractivity contribution in [1.82, 2.24) is 4.90 Å². The van der Waals surface area contributed by atoms with Crippen LogP contribution in [0.1, 0.15) is 11.5 Å². The molecule has 104 valence electrons. The van der Waals surface area contributed by atoms with Crippen molar-refractivity contribution in [3.63, 3.8) is 0 Å². The molecule has 2 heterocycles. The Bertz CT molecular complexity index is 579. The van der Waals surface area contributed by atoms with E-state index in [1.54, 1.807) is 6.07 Å². The lowest BCUT2D eigenvalue weighted by molar-refractivity contribution is -0.141. The molecular weight excluding hydrogens is 258 g/mol. The maximum absolute atomic E-state index is 12.5. The summed E-state index contributed by atoms with van der Waals surface area (Å²) >= 11 is 0. The average Bonchev–Trinajstić information content (AvgIpc) is 3.24. The molecular formula is C15H15NO4. The minimum Gasteiger partial charge on any atom is -0.426 e. The third-order valence-corrected chi connectivity index (χ3v) is 4.39. The Morgan fingerprint density at radius 3 is 2.70 bits per heavy atom. The van der Waals surface area contributed by atoms with Gasteiger partial charge in [0, 0.05) is 19.0 Å². The fourth-order valence-corrected chi connectivity index (χ4v) is 3.32. The van der Waals surface area contributed by atoms with Crippen molar-refractivity contribution in [2.75, 3.05) is 26.3 Å². The van der Waals surface area contributed by atoms with Gasteiger partial charge in [-0.2, -0.15) is 0 Å². The lowest BCUT2D eigenvalue weighted by Crippen LogP contribution is -2.42. The highest BCUT2D eigenvalue weighted by Gasteiger charge is 2.64. The van der Waals surface area contributed by atoms with E-state index >= 15 is 0 Å². The van der Waals surface area contributed by atoms with E-state index in [2.05, 4.69) is 0 Å². The second-order valence-electron chi connectivity index (χ2n) is 5.47. The molecule has 2 aliphatic heterocycles. The lowest BCUT2D eigenvalue weighted by atomic mass is 10.1. The molecule has 0 radical (unpaired) electrons. The summed E-state index contributed by atoms with van der Waals surface area (Å²) in [5.74, 6) is -0.124. The van der Waals surface area contributed by atoms with E-state index in [0.717, 1.165) is 5.56 Å². The van der Waals surface area contributed by atoms with Crippen LogP contribution in [-0.2, 0) is 14.3 Å². The second-order valence-corrected chi connectivity index (χ2v) is 5.47. The number of rotatable bonds is 1. The monoisotopic (exact) mass is 273 g/mol. The normalized spacial score (nSPS) is 31.1. The predicted octanol–water partition coefficient (Wildman–Crippen LogP) is 0.794. The number of fused-ring (bicyclic) bond motifs is 3. The number of para-hydroxylation sites is 1. The van der Waals surface area contributed by atoms with E-state index in [9.17, 15) is 9.59 Å². The fourth-order valence-electron chi connectivity index (χ4n) is 3.32. The van der Waals surface area contributed by atoms with Crippen LogP contribution in [-0.4, -0.2) is 43.1 Å². The zero-order valence-corrected chi connectivity index (χ0v) is 11.0. The van der Waals surface area contributed by atoms with Gasteiger partial charge in [-0.1, -0.05) is 18.2 Å². The number of ether oxygens (including phenoxy) is 2. The van der Waals surface area contributed by atoms with Gasteiger partial charge in [-0.3, -0.25) is 9.59 Å². The van der Waals surface area contributed by atoms with Gasteiger partial charge in [0.05, 0.1) is 25.0 Å². The van der Waals surface area contributed by atoms with Crippen LogP contribution >= 0.6 is 0 Å². The average molecular weight is 273 g/mol. The molecule has 3 unspecified atom stereocenters. The maximum Gasteiger partial charge on any atom is 0.315 e. The molecule has 0 N–H and O–H groups in total. The Morgan fingerprint density at radius 1 is 1.15 bits per heavy atom. The highest BCUT2D eigenvalue weighted by Crippen LogP contribution is 2.60. The van der Waals surface area contributed by atoms with Crippen LogP contribution in [0.2, 0.25) is 0 Å². The first-order valence-corrected chi connectivity index (χ1v) is 6.94. The lowest BCUT2D eigenvalue weighted by Gasteiger charge is -2.27. The molecule has 5 nitrogen and oxygen atoms in total. The number of nitrogens with zero attached hydrogens (tertiary/aromatic N) is 1. The number of hydrogen-bond acceptors (Lipinski definition) is 4. The van der Waals surface area contributed by atoms with Gasteiger partial charge in [0.1, 0.15) is 5.75 Å². The molecule has 1 amide bonds. The van der Waals surface area contributed by atoms with Crippen molar-refractivity contribution < 1.29 is 19.1 Å². The molecule has 1 aromatic carbocycles. The molecule has 4 rings (SSSR count). The number of morpholine rings is 1. The summed E-state index contributed by atoms with van der Waals surface area (Å²) in [6.07, 6.45) is 0. The van der Waals surface area contributed by atoms with Crippen molar-refractivity contribution in [3.05, 3.63) is 29.8 Å². The van der Waals surface area contributed by atoms with Gasteiger partial charge in [-0.05, 0) is 11.6 Å². The molecule has 0 spiro atoms. The van der Waals surface area contributed by atoms with E-state index in [0.29, 0.717) is 32.1 Å². The Morgan fingerprint density at radius 2 is 1.90 bits per heavy atom. The first-order valence-electron chi connectivity index (χ1n) is 6.94. The van der Waals surface area contributed by atoms with Crippen LogP contribution < -0.4 is 4.74 Å². The largest absolute Gasteiger partial charge is 0.426 e. The minimum absolute atomic E-state index is 0.00259. The van der Waals surface area contributed by atoms with Crippen LogP contribution in [0.4, 0.5) is 0 Å². The maximum atomic E-state index is 12.5. The van der Waals surface area contributed by atoms with Crippen molar-refractivity contribution in [2.24, 2.45) is 11.8 Å².